The third kappa shape index (κ3) is 4.19. The molecule has 1 aromatic carbocycles. The van der Waals surface area contributed by atoms with Gasteiger partial charge in [0, 0.05) is 12.2 Å². The van der Waals surface area contributed by atoms with Gasteiger partial charge >= 0.3 is 0 Å². The summed E-state index contributed by atoms with van der Waals surface area (Å²) in [5.74, 6) is 1.62. The maximum atomic E-state index is 5.90. The third-order valence-electron chi connectivity index (χ3n) is 3.03. The lowest BCUT2D eigenvalue weighted by Crippen LogP contribution is -2.10. The van der Waals surface area contributed by atoms with E-state index in [2.05, 4.69) is 26.2 Å². The van der Waals surface area contributed by atoms with Crippen molar-refractivity contribution in [2.24, 2.45) is 0 Å². The molecule has 0 saturated carbocycles. The second kappa shape index (κ2) is 7.43. The van der Waals surface area contributed by atoms with Crippen LogP contribution in [0.15, 0.2) is 34.8 Å². The van der Waals surface area contributed by atoms with Crippen LogP contribution in [0.1, 0.15) is 17.0 Å². The molecule has 1 aromatic heterocycles. The lowest BCUT2D eigenvalue weighted by atomic mass is 10.2. The number of ether oxygens (including phenoxy) is 2. The molecule has 0 aliphatic heterocycles. The van der Waals surface area contributed by atoms with Crippen molar-refractivity contribution in [1.82, 2.24) is 10.3 Å². The second-order valence-electron chi connectivity index (χ2n) is 4.69. The van der Waals surface area contributed by atoms with Gasteiger partial charge < -0.3 is 14.8 Å². The molecule has 1 N–H and O–H groups in total. The van der Waals surface area contributed by atoms with Gasteiger partial charge in [0.15, 0.2) is 0 Å². The lowest BCUT2D eigenvalue weighted by molar-refractivity contribution is 0.300. The van der Waals surface area contributed by atoms with Gasteiger partial charge in [-0.2, -0.15) is 0 Å². The second-order valence-corrected chi connectivity index (χ2v) is 5.54. The van der Waals surface area contributed by atoms with E-state index in [1.54, 1.807) is 7.11 Å². The minimum Gasteiger partial charge on any atom is -0.496 e. The van der Waals surface area contributed by atoms with Gasteiger partial charge in [-0.25, -0.2) is 0 Å². The Morgan fingerprint density at radius 3 is 2.62 bits per heavy atom. The molecule has 4 nitrogen and oxygen atoms in total. The van der Waals surface area contributed by atoms with Gasteiger partial charge in [0.2, 0.25) is 0 Å². The van der Waals surface area contributed by atoms with Crippen molar-refractivity contribution in [3.05, 3.63) is 51.8 Å². The number of benzene rings is 1. The van der Waals surface area contributed by atoms with E-state index in [0.29, 0.717) is 13.2 Å². The zero-order valence-corrected chi connectivity index (χ0v) is 14.0. The van der Waals surface area contributed by atoms with Crippen molar-refractivity contribution in [2.45, 2.75) is 20.1 Å². The molecular weight excluding hydrogens is 332 g/mol. The number of aryl methyl sites for hydroxylation is 1. The minimum absolute atomic E-state index is 0.490. The average molecular weight is 351 g/mol. The van der Waals surface area contributed by atoms with Crippen LogP contribution in [0, 0.1) is 6.92 Å². The number of nitrogens with zero attached hydrogens (tertiary/aromatic N) is 1. The molecule has 0 amide bonds. The molecule has 0 saturated heterocycles. The molecule has 1 heterocycles. The predicted molar refractivity (Wildman–Crippen MR) is 86.8 cm³/mol. The van der Waals surface area contributed by atoms with Gasteiger partial charge in [-0.15, -0.1) is 0 Å². The summed E-state index contributed by atoms with van der Waals surface area (Å²) in [7, 11) is 3.55. The smallest absolute Gasteiger partial charge is 0.142 e. The lowest BCUT2D eigenvalue weighted by Gasteiger charge is -2.12. The fourth-order valence-corrected chi connectivity index (χ4v) is 2.57. The van der Waals surface area contributed by atoms with Crippen LogP contribution in [-0.4, -0.2) is 19.1 Å². The first-order chi connectivity index (χ1) is 10.1. The Morgan fingerprint density at radius 2 is 1.95 bits per heavy atom. The molecule has 0 radical (unpaired) electrons. The predicted octanol–water partition coefficient (Wildman–Crippen LogP) is 3.46. The van der Waals surface area contributed by atoms with E-state index < -0.39 is 0 Å². The van der Waals surface area contributed by atoms with Crippen LogP contribution in [0.25, 0.3) is 0 Å². The molecule has 21 heavy (non-hydrogen) atoms. The molecule has 5 heteroatoms. The number of hydrogen-bond acceptors (Lipinski definition) is 4. The zero-order chi connectivity index (χ0) is 15.2. The van der Waals surface area contributed by atoms with Crippen molar-refractivity contribution in [1.29, 1.82) is 0 Å². The highest BCUT2D eigenvalue weighted by Crippen LogP contribution is 2.26. The molecule has 0 aliphatic rings. The van der Waals surface area contributed by atoms with Crippen LogP contribution in [0.4, 0.5) is 0 Å². The Kier molecular flexibility index (Phi) is 5.59. The first kappa shape index (κ1) is 15.8. The van der Waals surface area contributed by atoms with Gasteiger partial charge in [0.1, 0.15) is 18.1 Å². The number of pyridine rings is 1. The van der Waals surface area contributed by atoms with E-state index in [1.807, 2.05) is 44.3 Å². The summed E-state index contributed by atoms with van der Waals surface area (Å²) in [6.45, 7) is 3.15. The number of hydrogen-bond donors (Lipinski definition) is 1. The molecule has 0 aliphatic carbocycles. The standard InChI is InChI=1S/C16H19BrN2O2/c1-11-4-6-16(14(19-11)9-18-2)21-10-12-5-7-15(20-3)13(17)8-12/h4-8,18H,9-10H2,1-3H3. The average Bonchev–Trinajstić information content (AvgIpc) is 2.47. The van der Waals surface area contributed by atoms with Crippen LogP contribution in [-0.2, 0) is 13.2 Å². The Hall–Kier alpha value is -1.59. The van der Waals surface area contributed by atoms with E-state index in [9.17, 15) is 0 Å². The molecule has 0 atom stereocenters. The van der Waals surface area contributed by atoms with Crippen molar-refractivity contribution in [2.75, 3.05) is 14.2 Å². The fourth-order valence-electron chi connectivity index (χ4n) is 1.98. The molecule has 0 unspecified atom stereocenters. The molecule has 0 spiro atoms. The van der Waals surface area contributed by atoms with Crippen molar-refractivity contribution in [3.8, 4) is 11.5 Å². The van der Waals surface area contributed by atoms with E-state index in [4.69, 9.17) is 9.47 Å². The van der Waals surface area contributed by atoms with Gasteiger partial charge in [-0.3, -0.25) is 4.98 Å². The Balaban J connectivity index is 2.10. The summed E-state index contributed by atoms with van der Waals surface area (Å²) in [5.41, 5.74) is 2.98. The van der Waals surface area contributed by atoms with Crippen molar-refractivity contribution in [3.63, 3.8) is 0 Å². The number of rotatable bonds is 6. The summed E-state index contributed by atoms with van der Waals surface area (Å²) < 4.78 is 12.0. The first-order valence-corrected chi connectivity index (χ1v) is 7.49. The fraction of sp³-hybridized carbons (Fsp3) is 0.312. The highest BCUT2D eigenvalue weighted by atomic mass is 79.9. The highest BCUT2D eigenvalue weighted by Gasteiger charge is 2.07. The summed E-state index contributed by atoms with van der Waals surface area (Å²) in [5, 5.41) is 3.11. The molecule has 112 valence electrons. The van der Waals surface area contributed by atoms with Crippen LogP contribution in [0.3, 0.4) is 0 Å². The van der Waals surface area contributed by atoms with Crippen molar-refractivity contribution >= 4 is 15.9 Å². The normalized spacial score (nSPS) is 10.5. The van der Waals surface area contributed by atoms with Gasteiger partial charge in [-0.1, -0.05) is 6.07 Å². The number of aromatic nitrogens is 1. The maximum Gasteiger partial charge on any atom is 0.142 e. The third-order valence-corrected chi connectivity index (χ3v) is 3.65. The summed E-state index contributed by atoms with van der Waals surface area (Å²) >= 11 is 3.48. The number of methoxy groups -OCH3 is 1. The largest absolute Gasteiger partial charge is 0.496 e. The Morgan fingerprint density at radius 1 is 1.19 bits per heavy atom. The number of halogens is 1. The molecule has 0 fully saturated rings. The van der Waals surface area contributed by atoms with E-state index in [1.165, 1.54) is 0 Å². The quantitative estimate of drug-likeness (QED) is 0.866. The molecule has 2 rings (SSSR count). The molecular formula is C16H19BrN2O2. The molecule has 2 aromatic rings. The van der Waals surface area contributed by atoms with Crippen LogP contribution < -0.4 is 14.8 Å². The summed E-state index contributed by atoms with van der Waals surface area (Å²) in [6.07, 6.45) is 0. The monoisotopic (exact) mass is 350 g/mol. The molecule has 0 bridgehead atoms. The van der Waals surface area contributed by atoms with E-state index in [-0.39, 0.29) is 0 Å². The Labute approximate surface area is 133 Å². The number of nitrogens with one attached hydrogen (secondary N) is 1. The first-order valence-electron chi connectivity index (χ1n) is 6.70. The topological polar surface area (TPSA) is 43.4 Å². The van der Waals surface area contributed by atoms with E-state index >= 15 is 0 Å². The van der Waals surface area contributed by atoms with Crippen LogP contribution >= 0.6 is 15.9 Å². The van der Waals surface area contributed by atoms with Gasteiger partial charge in [0.25, 0.3) is 0 Å². The van der Waals surface area contributed by atoms with Crippen molar-refractivity contribution < 1.29 is 9.47 Å². The summed E-state index contributed by atoms with van der Waals surface area (Å²) in [4.78, 5) is 4.50. The van der Waals surface area contributed by atoms with Crippen LogP contribution in [0.5, 0.6) is 11.5 Å². The van der Waals surface area contributed by atoms with Gasteiger partial charge in [0.05, 0.1) is 17.3 Å². The van der Waals surface area contributed by atoms with Crippen LogP contribution in [0.2, 0.25) is 0 Å². The van der Waals surface area contributed by atoms with Gasteiger partial charge in [-0.05, 0) is 59.7 Å². The maximum absolute atomic E-state index is 5.90. The highest BCUT2D eigenvalue weighted by molar-refractivity contribution is 9.10. The van der Waals surface area contributed by atoms with E-state index in [0.717, 1.165) is 32.9 Å². The minimum atomic E-state index is 0.490. The summed E-state index contributed by atoms with van der Waals surface area (Å²) in [6, 6.07) is 9.83. The Bertz CT molecular complexity index is 617. The zero-order valence-electron chi connectivity index (χ0n) is 12.4. The SMILES string of the molecule is CNCc1nc(C)ccc1OCc1ccc(OC)c(Br)c1.